The molecule has 0 saturated heterocycles. The Morgan fingerprint density at radius 3 is 2.41 bits per heavy atom. The van der Waals surface area contributed by atoms with Gasteiger partial charge in [-0.05, 0) is 85.9 Å². The number of hydrogen-bond donors (Lipinski definition) is 3. The fraction of sp³-hybridized carbons (Fsp3) is 1.00. The van der Waals surface area contributed by atoms with E-state index in [0.29, 0.717) is 23.7 Å². The summed E-state index contributed by atoms with van der Waals surface area (Å²) >= 11 is 0. The normalized spacial score (nSPS) is 61.2. The predicted octanol–water partition coefficient (Wildman–Crippen LogP) is 2.72. The third kappa shape index (κ3) is 2.04. The lowest BCUT2D eigenvalue weighted by Crippen LogP contribution is -2.58. The molecule has 3 N–H and O–H groups in total. The Hall–Kier alpha value is -0.120. The van der Waals surface area contributed by atoms with Gasteiger partial charge in [0, 0.05) is 0 Å². The van der Waals surface area contributed by atoms with Crippen molar-refractivity contribution in [3.8, 4) is 0 Å². The summed E-state index contributed by atoms with van der Waals surface area (Å²) in [4.78, 5) is 0. The summed E-state index contributed by atoms with van der Waals surface area (Å²) in [5.74, 6) is 2.10. The monoisotopic (exact) mass is 308 g/mol. The largest absolute Gasteiger partial charge is 0.393 e. The summed E-state index contributed by atoms with van der Waals surface area (Å²) in [6.45, 7) is 4.68. The number of fused-ring (bicyclic) bond motifs is 5. The first kappa shape index (κ1) is 15.4. The molecule has 4 rings (SSSR count). The van der Waals surface area contributed by atoms with Crippen LogP contribution < -0.4 is 0 Å². The summed E-state index contributed by atoms with van der Waals surface area (Å²) < 4.78 is 0. The van der Waals surface area contributed by atoms with Gasteiger partial charge in [0.15, 0.2) is 0 Å². The number of rotatable bonds is 0. The second-order valence-electron chi connectivity index (χ2n) is 9.52. The molecule has 0 aromatic heterocycles. The van der Waals surface area contributed by atoms with Gasteiger partial charge in [0.05, 0.1) is 18.3 Å². The van der Waals surface area contributed by atoms with E-state index in [4.69, 9.17) is 0 Å². The molecule has 0 spiro atoms. The standard InChI is InChI=1S/C19H32O3/c1-18-9-13(21)8-15(18)14-4-3-11-7-12(20)5-6-19(11,2)17(14)16(22)10-18/h11-17,20-22H,3-10H2,1-2H3/t11?,12?,13?,14-,15-,16?,17-,18-,19-/m0/s1. The van der Waals surface area contributed by atoms with Crippen molar-refractivity contribution < 1.29 is 15.3 Å². The third-order valence-corrected chi connectivity index (χ3v) is 8.31. The number of aliphatic hydroxyl groups excluding tert-OH is 3. The fourth-order valence-corrected chi connectivity index (χ4v) is 7.40. The van der Waals surface area contributed by atoms with Gasteiger partial charge in [-0.15, -0.1) is 0 Å². The summed E-state index contributed by atoms with van der Waals surface area (Å²) in [6.07, 6.45) is 7.41. The van der Waals surface area contributed by atoms with E-state index < -0.39 is 0 Å². The molecule has 4 aliphatic carbocycles. The smallest absolute Gasteiger partial charge is 0.0581 e. The van der Waals surface area contributed by atoms with Gasteiger partial charge in [0.1, 0.15) is 0 Å². The molecule has 0 bridgehead atoms. The molecule has 0 radical (unpaired) electrons. The summed E-state index contributed by atoms with van der Waals surface area (Å²) in [5.41, 5.74) is 0.327. The minimum atomic E-state index is -0.223. The van der Waals surface area contributed by atoms with Crippen molar-refractivity contribution in [2.75, 3.05) is 0 Å². The average Bonchev–Trinajstić information content (AvgIpc) is 2.73. The molecular formula is C19H32O3. The molecule has 0 aliphatic heterocycles. The van der Waals surface area contributed by atoms with Crippen LogP contribution in [0.2, 0.25) is 0 Å². The van der Waals surface area contributed by atoms with E-state index >= 15 is 0 Å². The molecule has 0 amide bonds. The minimum Gasteiger partial charge on any atom is -0.393 e. The second-order valence-corrected chi connectivity index (χ2v) is 9.52. The summed E-state index contributed by atoms with van der Waals surface area (Å²) in [6, 6.07) is 0. The SMILES string of the molecule is C[C@@]12CC(O)C[C@H]1[C@@H]1CCC3CC(O)CC[C@]3(C)[C@@H]1C(O)C2. The number of aliphatic hydroxyl groups is 3. The Bertz CT molecular complexity index is 452. The van der Waals surface area contributed by atoms with Gasteiger partial charge < -0.3 is 15.3 Å². The van der Waals surface area contributed by atoms with Crippen LogP contribution in [0, 0.1) is 34.5 Å². The fourth-order valence-electron chi connectivity index (χ4n) is 7.40. The first-order valence-electron chi connectivity index (χ1n) is 9.38. The summed E-state index contributed by atoms with van der Waals surface area (Å²) in [7, 11) is 0. The molecule has 0 aromatic rings. The van der Waals surface area contributed by atoms with Gasteiger partial charge in [-0.1, -0.05) is 13.8 Å². The van der Waals surface area contributed by atoms with Crippen LogP contribution in [-0.2, 0) is 0 Å². The van der Waals surface area contributed by atoms with Crippen molar-refractivity contribution in [3.05, 3.63) is 0 Å². The predicted molar refractivity (Wildman–Crippen MR) is 85.1 cm³/mol. The molecule has 0 heterocycles. The van der Waals surface area contributed by atoms with E-state index in [1.54, 1.807) is 0 Å². The Morgan fingerprint density at radius 1 is 0.864 bits per heavy atom. The van der Waals surface area contributed by atoms with Gasteiger partial charge in [0.2, 0.25) is 0 Å². The minimum absolute atomic E-state index is 0.131. The van der Waals surface area contributed by atoms with Crippen molar-refractivity contribution >= 4 is 0 Å². The zero-order valence-corrected chi connectivity index (χ0v) is 14.0. The van der Waals surface area contributed by atoms with Crippen LogP contribution in [0.25, 0.3) is 0 Å². The highest BCUT2D eigenvalue weighted by Crippen LogP contribution is 2.66. The van der Waals surface area contributed by atoms with Crippen molar-refractivity contribution in [3.63, 3.8) is 0 Å². The highest BCUT2D eigenvalue weighted by atomic mass is 16.3. The van der Waals surface area contributed by atoms with Crippen LogP contribution in [0.15, 0.2) is 0 Å². The van der Waals surface area contributed by atoms with Crippen LogP contribution in [0.1, 0.15) is 65.2 Å². The Kier molecular flexibility index (Phi) is 3.46. The first-order chi connectivity index (χ1) is 10.3. The number of hydrogen-bond acceptors (Lipinski definition) is 3. The zero-order chi connectivity index (χ0) is 15.7. The topological polar surface area (TPSA) is 60.7 Å². The molecule has 3 nitrogen and oxygen atoms in total. The average molecular weight is 308 g/mol. The quantitative estimate of drug-likeness (QED) is 0.645. The maximum Gasteiger partial charge on any atom is 0.0581 e. The lowest BCUT2D eigenvalue weighted by molar-refractivity contribution is -0.171. The Labute approximate surface area is 134 Å². The van der Waals surface area contributed by atoms with E-state index in [0.717, 1.165) is 38.5 Å². The van der Waals surface area contributed by atoms with Crippen LogP contribution in [-0.4, -0.2) is 33.6 Å². The van der Waals surface area contributed by atoms with E-state index in [9.17, 15) is 15.3 Å². The third-order valence-electron chi connectivity index (χ3n) is 8.31. The van der Waals surface area contributed by atoms with Crippen LogP contribution >= 0.6 is 0 Å². The van der Waals surface area contributed by atoms with Crippen molar-refractivity contribution in [2.45, 2.75) is 83.5 Å². The van der Waals surface area contributed by atoms with E-state index in [2.05, 4.69) is 13.8 Å². The van der Waals surface area contributed by atoms with Gasteiger partial charge in [-0.2, -0.15) is 0 Å². The van der Waals surface area contributed by atoms with Crippen LogP contribution in [0.3, 0.4) is 0 Å². The zero-order valence-electron chi connectivity index (χ0n) is 14.0. The van der Waals surface area contributed by atoms with Gasteiger partial charge in [-0.3, -0.25) is 0 Å². The molecule has 4 saturated carbocycles. The van der Waals surface area contributed by atoms with E-state index in [1.807, 2.05) is 0 Å². The molecule has 3 heteroatoms. The molecular weight excluding hydrogens is 276 g/mol. The van der Waals surface area contributed by atoms with Crippen LogP contribution in [0.4, 0.5) is 0 Å². The highest BCUT2D eigenvalue weighted by Gasteiger charge is 2.61. The molecule has 0 aromatic carbocycles. The Balaban J connectivity index is 1.67. The molecule has 4 aliphatic rings. The molecule has 9 atom stereocenters. The molecule has 4 unspecified atom stereocenters. The van der Waals surface area contributed by atoms with Crippen LogP contribution in [0.5, 0.6) is 0 Å². The van der Waals surface area contributed by atoms with Crippen molar-refractivity contribution in [2.24, 2.45) is 34.5 Å². The van der Waals surface area contributed by atoms with E-state index in [-0.39, 0.29) is 29.1 Å². The highest BCUT2D eigenvalue weighted by molar-refractivity contribution is 5.11. The molecule has 126 valence electrons. The van der Waals surface area contributed by atoms with Gasteiger partial charge >= 0.3 is 0 Å². The maximum atomic E-state index is 11.0. The van der Waals surface area contributed by atoms with Gasteiger partial charge in [0.25, 0.3) is 0 Å². The van der Waals surface area contributed by atoms with Crippen molar-refractivity contribution in [1.29, 1.82) is 0 Å². The lowest BCUT2D eigenvalue weighted by Gasteiger charge is -2.61. The maximum absolute atomic E-state index is 11.0. The second kappa shape index (κ2) is 4.94. The molecule has 4 fully saturated rings. The van der Waals surface area contributed by atoms with Crippen molar-refractivity contribution in [1.82, 2.24) is 0 Å². The Morgan fingerprint density at radius 2 is 1.64 bits per heavy atom. The first-order valence-corrected chi connectivity index (χ1v) is 9.38. The molecule has 22 heavy (non-hydrogen) atoms. The summed E-state index contributed by atoms with van der Waals surface area (Å²) in [5, 5.41) is 31.3. The van der Waals surface area contributed by atoms with Gasteiger partial charge in [-0.25, -0.2) is 0 Å². The van der Waals surface area contributed by atoms with E-state index in [1.165, 1.54) is 12.8 Å². The lowest BCUT2D eigenvalue weighted by atomic mass is 9.44.